The van der Waals surface area contributed by atoms with Gasteiger partial charge in [-0.05, 0) is 31.9 Å². The third-order valence-corrected chi connectivity index (χ3v) is 5.56. The Labute approximate surface area is 159 Å². The number of nitrogens with one attached hydrogen (secondary N) is 1. The van der Waals surface area contributed by atoms with Crippen LogP contribution in [-0.2, 0) is 11.3 Å². The summed E-state index contributed by atoms with van der Waals surface area (Å²) >= 11 is 1.38. The van der Waals surface area contributed by atoms with Crippen molar-refractivity contribution in [3.8, 4) is 0 Å². The Morgan fingerprint density at radius 3 is 3.11 bits per heavy atom. The van der Waals surface area contributed by atoms with Gasteiger partial charge in [0.15, 0.2) is 0 Å². The van der Waals surface area contributed by atoms with E-state index < -0.39 is 0 Å². The molecule has 4 heterocycles. The number of rotatable bonds is 4. The largest absolute Gasteiger partial charge is 0.350 e. The lowest BCUT2D eigenvalue weighted by Crippen LogP contribution is -2.43. The van der Waals surface area contributed by atoms with Crippen molar-refractivity contribution in [1.82, 2.24) is 24.9 Å². The summed E-state index contributed by atoms with van der Waals surface area (Å²) in [5.41, 5.74) is 1.34. The molecule has 1 N–H and O–H groups in total. The molecule has 0 bridgehead atoms. The van der Waals surface area contributed by atoms with Crippen LogP contribution in [0.4, 0.5) is 5.13 Å². The highest BCUT2D eigenvalue weighted by Gasteiger charge is 2.27. The van der Waals surface area contributed by atoms with Crippen LogP contribution in [0.1, 0.15) is 24.2 Å². The minimum absolute atomic E-state index is 0.0256. The third kappa shape index (κ3) is 3.82. The standard InChI is InChI=1S/C18H20N6O2S/c1-12-9-15(25)24-17(21-12)27-18(22-24)23-8-4-5-13(11-23)16(26)20-10-14-6-2-3-7-19-14/h2-3,6-7,9,13H,4-5,8,10-11H2,1H3,(H,20,26). The highest BCUT2D eigenvalue weighted by molar-refractivity contribution is 7.20. The maximum absolute atomic E-state index is 12.6. The Bertz CT molecular complexity index is 1020. The first kappa shape index (κ1) is 17.6. The Balaban J connectivity index is 1.45. The van der Waals surface area contributed by atoms with Crippen molar-refractivity contribution in [2.75, 3.05) is 18.0 Å². The van der Waals surface area contributed by atoms with Gasteiger partial charge in [0.25, 0.3) is 5.56 Å². The van der Waals surface area contributed by atoms with Crippen molar-refractivity contribution in [2.24, 2.45) is 5.92 Å². The number of carbonyl (C=O) groups excluding carboxylic acids is 1. The molecule has 1 aliphatic rings. The highest BCUT2D eigenvalue weighted by atomic mass is 32.1. The van der Waals surface area contributed by atoms with Crippen LogP contribution in [0.15, 0.2) is 35.3 Å². The van der Waals surface area contributed by atoms with Gasteiger partial charge in [0.05, 0.1) is 18.2 Å². The number of fused-ring (bicyclic) bond motifs is 1. The molecule has 0 saturated carbocycles. The summed E-state index contributed by atoms with van der Waals surface area (Å²) < 4.78 is 1.33. The molecule has 0 aromatic carbocycles. The zero-order valence-electron chi connectivity index (χ0n) is 15.0. The quantitative estimate of drug-likeness (QED) is 0.731. The van der Waals surface area contributed by atoms with E-state index >= 15 is 0 Å². The van der Waals surface area contributed by atoms with E-state index in [0.717, 1.165) is 30.2 Å². The van der Waals surface area contributed by atoms with Gasteiger partial charge in [-0.25, -0.2) is 4.98 Å². The zero-order valence-corrected chi connectivity index (χ0v) is 15.8. The van der Waals surface area contributed by atoms with Crippen LogP contribution in [-0.4, -0.2) is 38.6 Å². The predicted octanol–water partition coefficient (Wildman–Crippen LogP) is 1.39. The number of hydrogen-bond acceptors (Lipinski definition) is 7. The fourth-order valence-electron chi connectivity index (χ4n) is 3.23. The van der Waals surface area contributed by atoms with Gasteiger partial charge < -0.3 is 10.2 Å². The zero-order chi connectivity index (χ0) is 18.8. The first-order valence-electron chi connectivity index (χ1n) is 8.90. The van der Waals surface area contributed by atoms with Crippen molar-refractivity contribution >= 4 is 27.3 Å². The Kier molecular flexibility index (Phi) is 4.85. The number of aromatic nitrogens is 4. The summed E-state index contributed by atoms with van der Waals surface area (Å²) in [4.78, 5) is 35.9. The molecular weight excluding hydrogens is 364 g/mol. The number of hydrogen-bond donors (Lipinski definition) is 1. The van der Waals surface area contributed by atoms with Gasteiger partial charge in [-0.1, -0.05) is 17.4 Å². The smallest absolute Gasteiger partial charge is 0.275 e. The first-order valence-corrected chi connectivity index (χ1v) is 9.72. The molecule has 8 nitrogen and oxygen atoms in total. The van der Waals surface area contributed by atoms with Crippen LogP contribution >= 0.6 is 11.3 Å². The van der Waals surface area contributed by atoms with Gasteiger partial charge in [-0.2, -0.15) is 4.52 Å². The fraction of sp³-hybridized carbons (Fsp3) is 0.389. The topological polar surface area (TPSA) is 92.5 Å². The van der Waals surface area contributed by atoms with Crippen LogP contribution in [0.2, 0.25) is 0 Å². The monoisotopic (exact) mass is 384 g/mol. The van der Waals surface area contributed by atoms with Gasteiger partial charge in [0, 0.05) is 31.0 Å². The van der Waals surface area contributed by atoms with Crippen molar-refractivity contribution in [1.29, 1.82) is 0 Å². The highest BCUT2D eigenvalue weighted by Crippen LogP contribution is 2.27. The molecule has 1 unspecified atom stereocenters. The first-order chi connectivity index (χ1) is 13.1. The van der Waals surface area contributed by atoms with Gasteiger partial charge in [-0.15, -0.1) is 5.10 Å². The van der Waals surface area contributed by atoms with Gasteiger partial charge >= 0.3 is 0 Å². The summed E-state index contributed by atoms with van der Waals surface area (Å²) in [7, 11) is 0. The van der Waals surface area contributed by atoms with Crippen molar-refractivity contribution in [2.45, 2.75) is 26.3 Å². The normalized spacial score (nSPS) is 17.2. The van der Waals surface area contributed by atoms with E-state index in [9.17, 15) is 9.59 Å². The van der Waals surface area contributed by atoms with Crippen LogP contribution in [0.25, 0.3) is 4.96 Å². The SMILES string of the molecule is Cc1cc(=O)n2nc(N3CCCC(C(=O)NCc4ccccn4)C3)sc2n1. The van der Waals surface area contributed by atoms with E-state index in [1.54, 1.807) is 13.1 Å². The second kappa shape index (κ2) is 7.43. The molecule has 1 saturated heterocycles. The molecule has 3 aromatic rings. The predicted molar refractivity (Wildman–Crippen MR) is 103 cm³/mol. The second-order valence-electron chi connectivity index (χ2n) is 6.64. The van der Waals surface area contributed by atoms with Crippen molar-refractivity contribution in [3.05, 3.63) is 52.2 Å². The number of pyridine rings is 1. The van der Waals surface area contributed by atoms with Gasteiger partial charge in [-0.3, -0.25) is 14.6 Å². The Hall–Kier alpha value is -2.81. The summed E-state index contributed by atoms with van der Waals surface area (Å²) in [5, 5.41) is 8.11. The molecule has 9 heteroatoms. The van der Waals surface area contributed by atoms with Crippen LogP contribution < -0.4 is 15.8 Å². The molecule has 1 amide bonds. The molecule has 1 atom stereocenters. The molecule has 1 aliphatic heterocycles. The average molecular weight is 384 g/mol. The van der Waals surface area contributed by atoms with Crippen molar-refractivity contribution < 1.29 is 4.79 Å². The molecular formula is C18H20N6O2S. The summed E-state index contributed by atoms with van der Waals surface area (Å²) in [6.07, 6.45) is 3.46. The number of amides is 1. The molecule has 140 valence electrons. The number of anilines is 1. The van der Waals surface area contributed by atoms with Crippen molar-refractivity contribution in [3.63, 3.8) is 0 Å². The molecule has 0 radical (unpaired) electrons. The Morgan fingerprint density at radius 2 is 2.30 bits per heavy atom. The van der Waals surface area contributed by atoms with Gasteiger partial charge in [0.1, 0.15) is 0 Å². The molecule has 27 heavy (non-hydrogen) atoms. The van der Waals surface area contributed by atoms with E-state index in [4.69, 9.17) is 0 Å². The van der Waals surface area contributed by atoms with E-state index in [-0.39, 0.29) is 17.4 Å². The van der Waals surface area contributed by atoms with Gasteiger partial charge in [0.2, 0.25) is 16.0 Å². The molecule has 4 rings (SSSR count). The maximum Gasteiger partial charge on any atom is 0.275 e. The number of piperidine rings is 1. The lowest BCUT2D eigenvalue weighted by Gasteiger charge is -2.31. The second-order valence-corrected chi connectivity index (χ2v) is 7.57. The number of carbonyl (C=O) groups is 1. The number of aryl methyl sites for hydroxylation is 1. The summed E-state index contributed by atoms with van der Waals surface area (Å²) in [5.74, 6) is -0.0847. The Morgan fingerprint density at radius 1 is 1.41 bits per heavy atom. The average Bonchev–Trinajstić information content (AvgIpc) is 3.11. The lowest BCUT2D eigenvalue weighted by atomic mass is 9.97. The molecule has 1 fully saturated rings. The van der Waals surface area contributed by atoms with Crippen LogP contribution in [0.3, 0.4) is 0 Å². The molecule has 0 aliphatic carbocycles. The summed E-state index contributed by atoms with van der Waals surface area (Å²) in [6.45, 7) is 3.62. The fourth-order valence-corrected chi connectivity index (χ4v) is 4.22. The van der Waals surface area contributed by atoms with E-state index in [0.29, 0.717) is 23.7 Å². The molecule has 3 aromatic heterocycles. The third-order valence-electron chi connectivity index (χ3n) is 4.60. The van der Waals surface area contributed by atoms with Crippen LogP contribution in [0.5, 0.6) is 0 Å². The van der Waals surface area contributed by atoms with E-state index in [1.807, 2.05) is 18.2 Å². The minimum atomic E-state index is -0.179. The number of nitrogens with zero attached hydrogens (tertiary/aromatic N) is 5. The van der Waals surface area contributed by atoms with E-state index in [2.05, 4.69) is 25.3 Å². The maximum atomic E-state index is 12.6. The lowest BCUT2D eigenvalue weighted by molar-refractivity contribution is -0.125. The van der Waals surface area contributed by atoms with Crippen LogP contribution in [0, 0.1) is 12.8 Å². The minimum Gasteiger partial charge on any atom is -0.350 e. The van der Waals surface area contributed by atoms with E-state index in [1.165, 1.54) is 21.9 Å². The molecule has 0 spiro atoms. The summed E-state index contributed by atoms with van der Waals surface area (Å²) in [6, 6.07) is 7.12.